The molecule has 12 nitrogen and oxygen atoms in total. The summed E-state index contributed by atoms with van der Waals surface area (Å²) in [6.45, 7) is 1.61. The van der Waals surface area contributed by atoms with Crippen molar-refractivity contribution in [3.63, 3.8) is 0 Å². The number of nitrogens with one attached hydrogen (secondary N) is 1. The van der Waals surface area contributed by atoms with Crippen LogP contribution in [0.15, 0.2) is 30.5 Å². The van der Waals surface area contributed by atoms with Crippen LogP contribution < -0.4 is 5.32 Å². The second-order valence-corrected chi connectivity index (χ2v) is 13.1. The number of anilines is 1. The van der Waals surface area contributed by atoms with Gasteiger partial charge in [0.15, 0.2) is 21.6 Å². The van der Waals surface area contributed by atoms with Crippen LogP contribution in [0.3, 0.4) is 0 Å². The van der Waals surface area contributed by atoms with Gasteiger partial charge < -0.3 is 34.6 Å². The van der Waals surface area contributed by atoms with Crippen LogP contribution in [0.25, 0.3) is 11.0 Å². The van der Waals surface area contributed by atoms with E-state index in [0.717, 1.165) is 12.1 Å². The van der Waals surface area contributed by atoms with Crippen molar-refractivity contribution in [2.45, 2.75) is 37.5 Å². The van der Waals surface area contributed by atoms with Crippen LogP contribution in [0, 0.1) is 11.6 Å². The maximum absolute atomic E-state index is 14.2. The third-order valence-corrected chi connectivity index (χ3v) is 9.65. The van der Waals surface area contributed by atoms with Crippen molar-refractivity contribution in [2.24, 2.45) is 0 Å². The number of rotatable bonds is 8. The summed E-state index contributed by atoms with van der Waals surface area (Å²) < 4.78 is 69.8. The van der Waals surface area contributed by atoms with Gasteiger partial charge in [-0.25, -0.2) is 22.2 Å². The standard InChI is InChI=1S/C20H22ClF2N4O8PS/c1-9(11-3-2-10(22)6-13(11)23)24-17-12-4-5-27(18(12)26-20(21)25-17)19-16(29)15(28)14(35-19)7-37(33,34)8-36(30,31)32/h2-6,9,14-16,19,28-29H,7-8H2,1H3,(H,24,25,26)(H2,30,31,32)/t9?,14-,15-,16-,19-/m1/s1. The zero-order valence-electron chi connectivity index (χ0n) is 18.9. The quantitative estimate of drug-likeness (QED) is 0.192. The lowest BCUT2D eigenvalue weighted by Gasteiger charge is -2.19. The van der Waals surface area contributed by atoms with Crippen molar-refractivity contribution in [1.29, 1.82) is 0 Å². The van der Waals surface area contributed by atoms with E-state index in [1.807, 2.05) is 0 Å². The molecule has 1 unspecified atom stereocenters. The fraction of sp³-hybridized carbons (Fsp3) is 0.400. The van der Waals surface area contributed by atoms with Crippen LogP contribution in [-0.2, 0) is 19.1 Å². The third kappa shape index (κ3) is 6.10. The minimum atomic E-state index is -4.90. The van der Waals surface area contributed by atoms with E-state index in [-0.39, 0.29) is 22.3 Å². The smallest absolute Gasteiger partial charge is 0.340 e. The van der Waals surface area contributed by atoms with Gasteiger partial charge in [0.25, 0.3) is 0 Å². The van der Waals surface area contributed by atoms with Crippen LogP contribution in [-0.4, -0.2) is 72.5 Å². The van der Waals surface area contributed by atoms with E-state index in [1.165, 1.54) is 22.9 Å². The normalized spacial score (nSPS) is 23.5. The molecule has 0 spiro atoms. The highest BCUT2D eigenvalue weighted by Gasteiger charge is 2.46. The van der Waals surface area contributed by atoms with Gasteiger partial charge in [0.1, 0.15) is 41.4 Å². The summed E-state index contributed by atoms with van der Waals surface area (Å²) in [5.74, 6) is -2.29. The van der Waals surface area contributed by atoms with E-state index >= 15 is 0 Å². The largest absolute Gasteiger partial charge is 0.387 e. The van der Waals surface area contributed by atoms with Crippen molar-refractivity contribution in [1.82, 2.24) is 14.5 Å². The summed E-state index contributed by atoms with van der Waals surface area (Å²) in [7, 11) is -9.25. The monoisotopic (exact) mass is 582 g/mol. The van der Waals surface area contributed by atoms with Gasteiger partial charge in [-0.1, -0.05) is 6.07 Å². The molecule has 1 aromatic carbocycles. The molecule has 3 heterocycles. The maximum atomic E-state index is 14.2. The molecule has 4 rings (SSSR count). The molecule has 5 N–H and O–H groups in total. The van der Waals surface area contributed by atoms with E-state index in [0.29, 0.717) is 5.39 Å². The summed E-state index contributed by atoms with van der Waals surface area (Å²) in [4.78, 5) is 26.2. The first-order valence-corrected chi connectivity index (χ1v) is 14.7. The lowest BCUT2D eigenvalue weighted by Crippen LogP contribution is -2.35. The maximum Gasteiger partial charge on any atom is 0.340 e. The molecule has 1 saturated heterocycles. The topological polar surface area (TPSA) is 184 Å². The minimum Gasteiger partial charge on any atom is -0.387 e. The Morgan fingerprint density at radius 2 is 1.92 bits per heavy atom. The van der Waals surface area contributed by atoms with Gasteiger partial charge >= 0.3 is 7.60 Å². The Labute approximate surface area is 214 Å². The molecule has 37 heavy (non-hydrogen) atoms. The molecular formula is C20H22ClF2N4O8PS. The number of aliphatic hydroxyl groups is 2. The van der Waals surface area contributed by atoms with Gasteiger partial charge in [-0.15, -0.1) is 0 Å². The number of hydrogen-bond acceptors (Lipinski definition) is 9. The lowest BCUT2D eigenvalue weighted by molar-refractivity contribution is -0.0288. The van der Waals surface area contributed by atoms with E-state index in [1.54, 1.807) is 6.92 Å². The van der Waals surface area contributed by atoms with Crippen molar-refractivity contribution in [2.75, 3.05) is 16.6 Å². The van der Waals surface area contributed by atoms with Gasteiger partial charge in [-0.2, -0.15) is 4.98 Å². The van der Waals surface area contributed by atoms with Crippen LogP contribution >= 0.6 is 19.2 Å². The number of sulfone groups is 1. The lowest BCUT2D eigenvalue weighted by atomic mass is 10.1. The molecule has 0 radical (unpaired) electrons. The van der Waals surface area contributed by atoms with E-state index in [2.05, 4.69) is 15.3 Å². The molecule has 0 bridgehead atoms. The summed E-state index contributed by atoms with van der Waals surface area (Å²) in [6.07, 6.45) is -4.76. The predicted molar refractivity (Wildman–Crippen MR) is 128 cm³/mol. The minimum absolute atomic E-state index is 0.115. The molecule has 17 heteroatoms. The second kappa shape index (κ2) is 10.2. The highest BCUT2D eigenvalue weighted by atomic mass is 35.5. The summed E-state index contributed by atoms with van der Waals surface area (Å²) in [6, 6.07) is 3.96. The van der Waals surface area contributed by atoms with Crippen LogP contribution in [0.2, 0.25) is 5.28 Å². The number of ether oxygens (including phenoxy) is 1. The van der Waals surface area contributed by atoms with Gasteiger partial charge in [-0.05, 0) is 30.7 Å². The molecule has 1 aliphatic heterocycles. The number of aromatic nitrogens is 3. The van der Waals surface area contributed by atoms with Crippen molar-refractivity contribution in [3.8, 4) is 0 Å². The molecule has 0 amide bonds. The summed E-state index contributed by atoms with van der Waals surface area (Å²) in [5, 5.41) is 24.0. The van der Waals surface area contributed by atoms with Crippen LogP contribution in [0.1, 0.15) is 24.8 Å². The Morgan fingerprint density at radius 3 is 2.57 bits per heavy atom. The van der Waals surface area contributed by atoms with E-state index in [4.69, 9.17) is 26.1 Å². The fourth-order valence-corrected chi connectivity index (χ4v) is 7.53. The predicted octanol–water partition coefficient (Wildman–Crippen LogP) is 1.71. The zero-order chi connectivity index (χ0) is 27.3. The van der Waals surface area contributed by atoms with Crippen molar-refractivity contribution in [3.05, 3.63) is 52.9 Å². The molecule has 3 aromatic rings. The number of hydrogen-bond donors (Lipinski definition) is 5. The Hall–Kier alpha value is -2.23. The highest BCUT2D eigenvalue weighted by molar-refractivity contribution is 7.97. The first-order chi connectivity index (χ1) is 17.1. The summed E-state index contributed by atoms with van der Waals surface area (Å²) in [5.41, 5.74) is -1.17. The van der Waals surface area contributed by atoms with Crippen molar-refractivity contribution >= 4 is 45.9 Å². The average Bonchev–Trinajstić information content (AvgIpc) is 3.27. The van der Waals surface area contributed by atoms with Gasteiger partial charge in [0, 0.05) is 17.8 Å². The third-order valence-electron chi connectivity index (χ3n) is 5.72. The highest BCUT2D eigenvalue weighted by Crippen LogP contribution is 2.39. The van der Waals surface area contributed by atoms with Gasteiger partial charge in [0.05, 0.1) is 17.2 Å². The van der Waals surface area contributed by atoms with E-state index in [9.17, 15) is 32.0 Å². The van der Waals surface area contributed by atoms with Crippen LogP contribution in [0.5, 0.6) is 0 Å². The molecular weight excluding hydrogens is 561 g/mol. The molecule has 2 aromatic heterocycles. The SMILES string of the molecule is CC(Nc1nc(Cl)nc2c1ccn2[C@@H]1O[C@H](CS(=O)(=O)CP(=O)(O)O)[C@@H](O)[C@H]1O)c1ccc(F)cc1F. The van der Waals surface area contributed by atoms with Gasteiger partial charge in [0.2, 0.25) is 5.28 Å². The van der Waals surface area contributed by atoms with E-state index < -0.39 is 70.9 Å². The number of aliphatic hydroxyl groups excluding tert-OH is 2. The van der Waals surface area contributed by atoms with Crippen LogP contribution in [0.4, 0.5) is 14.6 Å². The van der Waals surface area contributed by atoms with Crippen molar-refractivity contribution < 1.29 is 46.5 Å². The first kappa shape index (κ1) is 27.8. The Balaban J connectivity index is 1.62. The first-order valence-electron chi connectivity index (χ1n) is 10.7. The number of fused-ring (bicyclic) bond motifs is 1. The fourth-order valence-electron chi connectivity index (χ4n) is 4.11. The summed E-state index contributed by atoms with van der Waals surface area (Å²) >= 11 is 6.08. The number of benzene rings is 1. The Morgan fingerprint density at radius 1 is 1.22 bits per heavy atom. The molecule has 0 saturated carbocycles. The molecule has 202 valence electrons. The second-order valence-electron chi connectivity index (χ2n) is 8.58. The molecule has 1 aliphatic rings. The number of nitrogens with zero attached hydrogens (tertiary/aromatic N) is 3. The molecule has 0 aliphatic carbocycles. The molecule has 1 fully saturated rings. The Bertz CT molecular complexity index is 1490. The average molecular weight is 583 g/mol. The number of halogens is 3. The molecule has 5 atom stereocenters. The zero-order valence-corrected chi connectivity index (χ0v) is 21.4. The van der Waals surface area contributed by atoms with Gasteiger partial charge in [-0.3, -0.25) is 4.57 Å². The Kier molecular flexibility index (Phi) is 7.63.